The molecule has 1 amide bonds. The summed E-state index contributed by atoms with van der Waals surface area (Å²) in [4.78, 5) is 13.5. The molecule has 1 N–H and O–H groups in total. The Bertz CT molecular complexity index is 597. The van der Waals surface area contributed by atoms with Crippen LogP contribution in [0, 0.1) is 0 Å². The number of hydrogen-bond acceptors (Lipinski definition) is 5. The Morgan fingerprint density at radius 2 is 2.16 bits per heavy atom. The summed E-state index contributed by atoms with van der Waals surface area (Å²) in [7, 11) is 1.71. The molecule has 0 unspecified atom stereocenters. The van der Waals surface area contributed by atoms with Crippen molar-refractivity contribution >= 4 is 5.91 Å². The lowest BCUT2D eigenvalue weighted by molar-refractivity contribution is -0.171. The predicted octanol–water partition coefficient (Wildman–Crippen LogP) is 0.930. The molecule has 1 aromatic rings. The molecule has 142 valence electrons. The number of rotatable bonds is 7. The highest BCUT2D eigenvalue weighted by atomic mass is 19.3. The van der Waals surface area contributed by atoms with Crippen molar-refractivity contribution in [3.8, 4) is 0 Å². The molecule has 1 fully saturated rings. The lowest BCUT2D eigenvalue weighted by Gasteiger charge is -2.32. The molecule has 1 aliphatic rings. The maximum atomic E-state index is 12.8. The van der Waals surface area contributed by atoms with E-state index in [1.807, 2.05) is 0 Å². The zero-order chi connectivity index (χ0) is 18.6. The highest BCUT2D eigenvalue weighted by molar-refractivity contribution is 5.77. The van der Waals surface area contributed by atoms with Crippen LogP contribution in [0.15, 0.2) is 0 Å². The van der Waals surface area contributed by atoms with Crippen LogP contribution in [0.1, 0.15) is 30.4 Å². The molecule has 0 bridgehead atoms. The highest BCUT2D eigenvalue weighted by Gasteiger charge is 2.41. The lowest BCUT2D eigenvalue weighted by atomic mass is 9.97. The van der Waals surface area contributed by atoms with Crippen molar-refractivity contribution < 1.29 is 32.2 Å². The van der Waals surface area contributed by atoms with E-state index < -0.39 is 31.5 Å². The Kier molecular flexibility index (Phi) is 6.33. The molecule has 1 aliphatic heterocycles. The number of halogens is 4. The van der Waals surface area contributed by atoms with E-state index in [-0.39, 0.29) is 12.5 Å². The minimum absolute atomic E-state index is 0.113. The number of likely N-dealkylation sites (tertiary alicyclic amines) is 1. The average Bonchev–Trinajstić information content (AvgIpc) is 2.95. The minimum Gasteiger partial charge on any atom is -0.388 e. The SMILES string of the molecule is Cn1c(CO)nnc1[C@@H]1CCCN(C(=O)COCC(F)(F)C(F)F)C1. The summed E-state index contributed by atoms with van der Waals surface area (Å²) in [5.74, 6) is -3.91. The topological polar surface area (TPSA) is 80.5 Å². The molecule has 1 aromatic heterocycles. The van der Waals surface area contributed by atoms with Crippen molar-refractivity contribution in [3.63, 3.8) is 0 Å². The van der Waals surface area contributed by atoms with Crippen LogP contribution in [-0.2, 0) is 23.2 Å². The van der Waals surface area contributed by atoms with Gasteiger partial charge in [0.1, 0.15) is 25.6 Å². The van der Waals surface area contributed by atoms with E-state index in [0.29, 0.717) is 31.2 Å². The Balaban J connectivity index is 1.90. The molecule has 1 atom stereocenters. The summed E-state index contributed by atoms with van der Waals surface area (Å²) < 4.78 is 55.7. The van der Waals surface area contributed by atoms with Gasteiger partial charge in [0.25, 0.3) is 0 Å². The van der Waals surface area contributed by atoms with Gasteiger partial charge in [-0.05, 0) is 12.8 Å². The van der Waals surface area contributed by atoms with E-state index in [0.717, 1.165) is 6.42 Å². The van der Waals surface area contributed by atoms with Crippen molar-refractivity contribution in [2.75, 3.05) is 26.3 Å². The normalized spacial score (nSPS) is 18.8. The molecule has 2 rings (SSSR count). The first-order valence-corrected chi connectivity index (χ1v) is 7.76. The smallest absolute Gasteiger partial charge is 0.330 e. The van der Waals surface area contributed by atoms with Gasteiger partial charge in [0.2, 0.25) is 5.91 Å². The number of aliphatic hydroxyl groups is 1. The van der Waals surface area contributed by atoms with Crippen molar-refractivity contribution in [2.24, 2.45) is 7.05 Å². The van der Waals surface area contributed by atoms with Crippen LogP contribution in [0.2, 0.25) is 0 Å². The molecule has 25 heavy (non-hydrogen) atoms. The number of amides is 1. The van der Waals surface area contributed by atoms with Crippen LogP contribution in [-0.4, -0.2) is 69.3 Å². The maximum absolute atomic E-state index is 12.8. The molecule has 11 heteroatoms. The fourth-order valence-corrected chi connectivity index (χ4v) is 2.71. The summed E-state index contributed by atoms with van der Waals surface area (Å²) >= 11 is 0. The number of alkyl halides is 4. The van der Waals surface area contributed by atoms with E-state index in [1.54, 1.807) is 11.6 Å². The zero-order valence-corrected chi connectivity index (χ0v) is 13.7. The fourth-order valence-electron chi connectivity index (χ4n) is 2.71. The van der Waals surface area contributed by atoms with Crippen molar-refractivity contribution in [2.45, 2.75) is 37.7 Å². The summed E-state index contributed by atoms with van der Waals surface area (Å²) in [5, 5.41) is 17.0. The number of nitrogens with zero attached hydrogens (tertiary/aromatic N) is 4. The standard InChI is InChI=1S/C14H20F4N4O3/c1-21-10(6-23)19-20-12(21)9-3-2-4-22(5-9)11(24)7-25-8-14(17,18)13(15)16/h9,13,23H,2-8H2,1H3/t9-/m1/s1. The van der Waals surface area contributed by atoms with E-state index in [4.69, 9.17) is 5.11 Å². The van der Waals surface area contributed by atoms with Gasteiger partial charge in [0, 0.05) is 26.1 Å². The quantitative estimate of drug-likeness (QED) is 0.725. The number of carbonyl (C=O) groups excluding carboxylic acids is 1. The van der Waals surface area contributed by atoms with Gasteiger partial charge in [-0.1, -0.05) is 0 Å². The van der Waals surface area contributed by atoms with Gasteiger partial charge in [-0.3, -0.25) is 4.79 Å². The summed E-state index contributed by atoms with van der Waals surface area (Å²) in [6, 6.07) is 0. The average molecular weight is 368 g/mol. The van der Waals surface area contributed by atoms with Crippen LogP contribution in [0.4, 0.5) is 17.6 Å². The summed E-state index contributed by atoms with van der Waals surface area (Å²) in [5.41, 5.74) is 0. The number of piperidine rings is 1. The van der Waals surface area contributed by atoms with Gasteiger partial charge in [-0.25, -0.2) is 8.78 Å². The van der Waals surface area contributed by atoms with E-state index in [2.05, 4.69) is 14.9 Å². The van der Waals surface area contributed by atoms with Gasteiger partial charge < -0.3 is 19.3 Å². The summed E-state index contributed by atoms with van der Waals surface area (Å²) in [6.45, 7) is -1.73. The number of aromatic nitrogens is 3. The Morgan fingerprint density at radius 1 is 1.44 bits per heavy atom. The first-order valence-electron chi connectivity index (χ1n) is 7.76. The fraction of sp³-hybridized carbons (Fsp3) is 0.786. The van der Waals surface area contributed by atoms with Gasteiger partial charge >= 0.3 is 12.3 Å². The van der Waals surface area contributed by atoms with E-state index in [1.165, 1.54) is 4.90 Å². The highest BCUT2D eigenvalue weighted by Crippen LogP contribution is 2.26. The molecule has 0 aromatic carbocycles. The third kappa shape index (κ3) is 4.66. The predicted molar refractivity (Wildman–Crippen MR) is 77.3 cm³/mol. The monoisotopic (exact) mass is 368 g/mol. The van der Waals surface area contributed by atoms with Crippen molar-refractivity contribution in [3.05, 3.63) is 11.6 Å². The molecular weight excluding hydrogens is 348 g/mol. The van der Waals surface area contributed by atoms with Gasteiger partial charge in [0.15, 0.2) is 5.82 Å². The number of hydrogen-bond donors (Lipinski definition) is 1. The van der Waals surface area contributed by atoms with Gasteiger partial charge in [-0.2, -0.15) is 8.78 Å². The molecule has 0 radical (unpaired) electrons. The van der Waals surface area contributed by atoms with E-state index >= 15 is 0 Å². The Hall–Kier alpha value is -1.75. The van der Waals surface area contributed by atoms with Crippen LogP contribution in [0.25, 0.3) is 0 Å². The second-order valence-corrected chi connectivity index (χ2v) is 5.92. The number of aliphatic hydroxyl groups excluding tert-OH is 1. The summed E-state index contributed by atoms with van der Waals surface area (Å²) in [6.07, 6.45) is -2.41. The third-order valence-electron chi connectivity index (χ3n) is 4.12. The van der Waals surface area contributed by atoms with E-state index in [9.17, 15) is 22.4 Å². The number of carbonyl (C=O) groups is 1. The second-order valence-electron chi connectivity index (χ2n) is 5.92. The third-order valence-corrected chi connectivity index (χ3v) is 4.12. The van der Waals surface area contributed by atoms with Crippen molar-refractivity contribution in [1.29, 1.82) is 0 Å². The Labute approximate surface area is 141 Å². The van der Waals surface area contributed by atoms with Crippen LogP contribution < -0.4 is 0 Å². The first-order chi connectivity index (χ1) is 11.8. The molecule has 0 aliphatic carbocycles. The molecule has 0 spiro atoms. The Morgan fingerprint density at radius 3 is 2.76 bits per heavy atom. The molecule has 1 saturated heterocycles. The van der Waals surface area contributed by atoms with Crippen LogP contribution in [0.3, 0.4) is 0 Å². The largest absolute Gasteiger partial charge is 0.388 e. The zero-order valence-electron chi connectivity index (χ0n) is 13.7. The lowest BCUT2D eigenvalue weighted by Crippen LogP contribution is -2.42. The van der Waals surface area contributed by atoms with Crippen molar-refractivity contribution in [1.82, 2.24) is 19.7 Å². The van der Waals surface area contributed by atoms with Gasteiger partial charge in [0.05, 0.1) is 0 Å². The number of ether oxygens (including phenoxy) is 1. The molecule has 2 heterocycles. The van der Waals surface area contributed by atoms with Gasteiger partial charge in [-0.15, -0.1) is 10.2 Å². The van der Waals surface area contributed by atoms with Crippen LogP contribution >= 0.6 is 0 Å². The minimum atomic E-state index is -4.27. The molecule has 0 saturated carbocycles. The second kappa shape index (κ2) is 8.09. The van der Waals surface area contributed by atoms with Crippen LogP contribution in [0.5, 0.6) is 0 Å². The first kappa shape index (κ1) is 19.6. The molecule has 7 nitrogen and oxygen atoms in total. The maximum Gasteiger partial charge on any atom is 0.330 e. The molecular formula is C14H20F4N4O3.